The molecule has 0 saturated carbocycles. The van der Waals surface area contributed by atoms with Crippen molar-refractivity contribution < 1.29 is 22.4 Å². The van der Waals surface area contributed by atoms with E-state index in [0.29, 0.717) is 0 Å². The highest BCUT2D eigenvalue weighted by atomic mass is 32.2. The molecule has 10 nitrogen and oxygen atoms in total. The number of carbonyl (C=O) groups excluding carboxylic acids is 2. The SMILES string of the molecule is CC(=O)NS(=O)(=O)C1(C)C=CC(NC(=O)c2nc(-c3cc(F)ccc3C#N)cnc2N)=CC1. The molecule has 2 amide bonds. The Labute approximate surface area is 189 Å². The molecule has 0 fully saturated rings. The molecule has 170 valence electrons. The summed E-state index contributed by atoms with van der Waals surface area (Å²) in [5.41, 5.74) is 6.18. The van der Waals surface area contributed by atoms with Gasteiger partial charge in [0, 0.05) is 18.2 Å². The van der Waals surface area contributed by atoms with E-state index in [-0.39, 0.29) is 40.5 Å². The second-order valence-corrected chi connectivity index (χ2v) is 9.56. The second-order valence-electron chi connectivity index (χ2n) is 7.42. The highest BCUT2D eigenvalue weighted by Gasteiger charge is 2.38. The van der Waals surface area contributed by atoms with Crippen LogP contribution in [0.5, 0.6) is 0 Å². The Bertz CT molecular complexity index is 1360. The van der Waals surface area contributed by atoms with Crippen LogP contribution < -0.4 is 15.8 Å². The maximum atomic E-state index is 13.7. The minimum absolute atomic E-state index is 0.0161. The quantitative estimate of drug-likeness (QED) is 0.591. The third kappa shape index (κ3) is 4.88. The summed E-state index contributed by atoms with van der Waals surface area (Å²) in [5, 5.41) is 11.8. The molecule has 0 saturated heterocycles. The van der Waals surface area contributed by atoms with Crippen LogP contribution in [0.4, 0.5) is 10.2 Å². The van der Waals surface area contributed by atoms with Crippen molar-refractivity contribution in [2.45, 2.75) is 25.0 Å². The number of nitriles is 1. The van der Waals surface area contributed by atoms with Crippen molar-refractivity contribution in [1.29, 1.82) is 5.26 Å². The fourth-order valence-electron chi connectivity index (χ4n) is 3.02. The number of hydrogen-bond donors (Lipinski definition) is 3. The smallest absolute Gasteiger partial charge is 0.278 e. The van der Waals surface area contributed by atoms with Gasteiger partial charge in [-0.05, 0) is 37.6 Å². The lowest BCUT2D eigenvalue weighted by Crippen LogP contribution is -2.45. The fraction of sp³-hybridized carbons (Fsp3) is 0.190. The topological polar surface area (TPSA) is 168 Å². The number of halogens is 1. The average molecular weight is 470 g/mol. The van der Waals surface area contributed by atoms with Crippen molar-refractivity contribution in [3.63, 3.8) is 0 Å². The lowest BCUT2D eigenvalue weighted by Gasteiger charge is -2.27. The van der Waals surface area contributed by atoms with Gasteiger partial charge in [-0.25, -0.2) is 22.8 Å². The minimum atomic E-state index is -3.98. The Kier molecular flexibility index (Phi) is 6.28. The van der Waals surface area contributed by atoms with E-state index in [9.17, 15) is 27.7 Å². The molecule has 33 heavy (non-hydrogen) atoms. The number of amides is 2. The Morgan fingerprint density at radius 3 is 2.67 bits per heavy atom. The molecule has 1 atom stereocenters. The first-order valence-corrected chi connectivity index (χ1v) is 11.0. The summed E-state index contributed by atoms with van der Waals surface area (Å²) in [6.07, 6.45) is 5.42. The van der Waals surface area contributed by atoms with E-state index in [0.717, 1.165) is 19.1 Å². The molecule has 1 aliphatic carbocycles. The lowest BCUT2D eigenvalue weighted by molar-refractivity contribution is -0.117. The van der Waals surface area contributed by atoms with Crippen molar-refractivity contribution in [2.24, 2.45) is 0 Å². The van der Waals surface area contributed by atoms with Gasteiger partial charge in [-0.15, -0.1) is 0 Å². The number of hydrogen-bond acceptors (Lipinski definition) is 8. The first kappa shape index (κ1) is 23.6. The second kappa shape index (κ2) is 8.79. The summed E-state index contributed by atoms with van der Waals surface area (Å²) in [7, 11) is -3.98. The number of rotatable bonds is 5. The Hall–Kier alpha value is -4.11. The van der Waals surface area contributed by atoms with E-state index in [1.807, 2.05) is 10.8 Å². The molecule has 4 N–H and O–H groups in total. The van der Waals surface area contributed by atoms with Gasteiger partial charge in [0.1, 0.15) is 10.6 Å². The van der Waals surface area contributed by atoms with Crippen LogP contribution in [0.1, 0.15) is 36.3 Å². The van der Waals surface area contributed by atoms with Crippen LogP contribution in [0, 0.1) is 17.1 Å². The number of nitrogens with two attached hydrogens (primary N) is 1. The number of allylic oxidation sites excluding steroid dienone is 2. The molecule has 2 aromatic rings. The van der Waals surface area contributed by atoms with Crippen LogP contribution in [-0.2, 0) is 14.8 Å². The number of aromatic nitrogens is 2. The van der Waals surface area contributed by atoms with Gasteiger partial charge in [-0.2, -0.15) is 5.26 Å². The third-order valence-electron chi connectivity index (χ3n) is 4.89. The maximum absolute atomic E-state index is 13.7. The van der Waals surface area contributed by atoms with E-state index in [2.05, 4.69) is 15.3 Å². The molecule has 3 rings (SSSR count). The highest BCUT2D eigenvalue weighted by molar-refractivity contribution is 7.91. The molecule has 1 aromatic heterocycles. The van der Waals surface area contributed by atoms with Gasteiger partial charge in [0.05, 0.1) is 23.5 Å². The zero-order chi connectivity index (χ0) is 24.4. The van der Waals surface area contributed by atoms with Crippen LogP contribution in [0.2, 0.25) is 0 Å². The molecule has 0 radical (unpaired) electrons. The molecule has 1 aliphatic rings. The predicted molar refractivity (Wildman–Crippen MR) is 117 cm³/mol. The molecule has 1 heterocycles. The van der Waals surface area contributed by atoms with E-state index < -0.39 is 32.4 Å². The summed E-state index contributed by atoms with van der Waals surface area (Å²) >= 11 is 0. The standard InChI is InChI=1S/C21H19FN6O4S/c1-12(29)28-33(31,32)21(2)7-5-15(6-8-21)26-20(30)18-19(24)25-11-17(27-18)16-9-14(22)4-3-13(16)10-23/h3-7,9,11H,8H2,1-2H3,(H2,24,25)(H,26,30)(H,28,29). The lowest BCUT2D eigenvalue weighted by atomic mass is 10.0. The Morgan fingerprint density at radius 2 is 2.06 bits per heavy atom. The normalized spacial score (nSPS) is 17.6. The monoisotopic (exact) mass is 470 g/mol. The summed E-state index contributed by atoms with van der Waals surface area (Å²) in [6, 6.07) is 5.43. The van der Waals surface area contributed by atoms with E-state index >= 15 is 0 Å². The molecule has 1 aromatic carbocycles. The number of nitrogens with zero attached hydrogens (tertiary/aromatic N) is 3. The van der Waals surface area contributed by atoms with Crippen LogP contribution >= 0.6 is 0 Å². The minimum Gasteiger partial charge on any atom is -0.382 e. The van der Waals surface area contributed by atoms with Crippen molar-refractivity contribution in [2.75, 3.05) is 5.73 Å². The Morgan fingerprint density at radius 1 is 1.33 bits per heavy atom. The van der Waals surface area contributed by atoms with Crippen molar-refractivity contribution in [1.82, 2.24) is 20.0 Å². The molecule has 0 spiro atoms. The van der Waals surface area contributed by atoms with E-state index in [1.54, 1.807) is 0 Å². The molecular formula is C21H19FN6O4S. The van der Waals surface area contributed by atoms with Gasteiger partial charge in [0.2, 0.25) is 15.9 Å². The van der Waals surface area contributed by atoms with Gasteiger partial charge in [-0.1, -0.05) is 12.2 Å². The summed E-state index contributed by atoms with van der Waals surface area (Å²) in [6.45, 7) is 2.53. The number of nitrogens with one attached hydrogen (secondary N) is 2. The predicted octanol–water partition coefficient (Wildman–Crippen LogP) is 1.53. The van der Waals surface area contributed by atoms with E-state index in [1.165, 1.54) is 37.4 Å². The third-order valence-corrected chi connectivity index (χ3v) is 6.97. The number of carbonyl (C=O) groups is 2. The fourth-order valence-corrected chi connectivity index (χ4v) is 4.19. The van der Waals surface area contributed by atoms with Gasteiger partial charge < -0.3 is 11.1 Å². The van der Waals surface area contributed by atoms with Gasteiger partial charge in [-0.3, -0.25) is 14.3 Å². The molecule has 0 bridgehead atoms. The highest BCUT2D eigenvalue weighted by Crippen LogP contribution is 2.28. The van der Waals surface area contributed by atoms with Crippen molar-refractivity contribution in [3.8, 4) is 17.3 Å². The van der Waals surface area contributed by atoms with Gasteiger partial charge >= 0.3 is 0 Å². The number of anilines is 1. The zero-order valence-electron chi connectivity index (χ0n) is 17.6. The number of nitrogen functional groups attached to an aromatic ring is 1. The molecule has 12 heteroatoms. The number of benzene rings is 1. The zero-order valence-corrected chi connectivity index (χ0v) is 18.4. The van der Waals surface area contributed by atoms with Crippen molar-refractivity contribution in [3.05, 3.63) is 65.4 Å². The molecule has 0 aliphatic heterocycles. The average Bonchev–Trinajstić information content (AvgIpc) is 2.74. The van der Waals surface area contributed by atoms with Crippen molar-refractivity contribution >= 4 is 27.7 Å². The van der Waals surface area contributed by atoms with Crippen LogP contribution in [0.25, 0.3) is 11.3 Å². The number of sulfonamides is 1. The summed E-state index contributed by atoms with van der Waals surface area (Å²) in [5.74, 6) is -2.23. The molecular weight excluding hydrogens is 451 g/mol. The van der Waals surface area contributed by atoms with Crippen LogP contribution in [-0.4, -0.2) is 34.9 Å². The summed E-state index contributed by atoms with van der Waals surface area (Å²) in [4.78, 5) is 32.0. The van der Waals surface area contributed by atoms with Gasteiger partial charge in [0.25, 0.3) is 5.91 Å². The first-order chi connectivity index (χ1) is 15.5. The summed E-state index contributed by atoms with van der Waals surface area (Å²) < 4.78 is 39.0. The first-order valence-electron chi connectivity index (χ1n) is 9.52. The maximum Gasteiger partial charge on any atom is 0.278 e. The van der Waals surface area contributed by atoms with Crippen LogP contribution in [0.15, 0.2) is 48.3 Å². The van der Waals surface area contributed by atoms with Gasteiger partial charge in [0.15, 0.2) is 11.5 Å². The van der Waals surface area contributed by atoms with Crippen LogP contribution in [0.3, 0.4) is 0 Å². The Balaban J connectivity index is 1.84. The molecule has 1 unspecified atom stereocenters. The largest absolute Gasteiger partial charge is 0.382 e. The van der Waals surface area contributed by atoms with E-state index in [4.69, 9.17) is 5.73 Å².